The third-order valence-corrected chi connectivity index (χ3v) is 7.11. The lowest BCUT2D eigenvalue weighted by Crippen LogP contribution is -2.45. The van der Waals surface area contributed by atoms with Gasteiger partial charge in [-0.05, 0) is 79.9 Å². The molecule has 8 nitrogen and oxygen atoms in total. The third kappa shape index (κ3) is 6.02. The Balaban J connectivity index is 1.19. The molecule has 1 aliphatic heterocycles. The van der Waals surface area contributed by atoms with Crippen LogP contribution in [0.5, 0.6) is 5.75 Å². The van der Waals surface area contributed by atoms with Gasteiger partial charge < -0.3 is 19.4 Å². The maximum absolute atomic E-state index is 13.2. The summed E-state index contributed by atoms with van der Waals surface area (Å²) in [5.74, 6) is 1.46. The molecule has 9 heteroatoms. The summed E-state index contributed by atoms with van der Waals surface area (Å²) in [6.07, 6.45) is 2.69. The molecule has 2 fully saturated rings. The Hall–Kier alpha value is -3.65. The molecule has 0 spiro atoms. The zero-order valence-electron chi connectivity index (χ0n) is 20.8. The molecular weight excluding hydrogens is 490 g/mol. The van der Waals surface area contributed by atoms with Crippen molar-refractivity contribution < 1.29 is 14.3 Å². The number of hydrogen-bond donors (Lipinski definition) is 0. The number of benzene rings is 2. The topological polar surface area (TPSA) is 78.9 Å². The average Bonchev–Trinajstić information content (AvgIpc) is 3.79. The summed E-state index contributed by atoms with van der Waals surface area (Å²) < 4.78 is 5.22. The minimum Gasteiger partial charge on any atom is -0.497 e. The van der Waals surface area contributed by atoms with Gasteiger partial charge in [0.25, 0.3) is 5.91 Å². The average molecular weight is 520 g/mol. The number of ether oxygens (including phenoxy) is 1. The predicted octanol–water partition coefficient (Wildman–Crippen LogP) is 4.15. The maximum atomic E-state index is 13.2. The first-order chi connectivity index (χ1) is 18.0. The fourth-order valence-electron chi connectivity index (χ4n) is 4.56. The quantitative estimate of drug-likeness (QED) is 0.466. The number of hydrogen-bond acceptors (Lipinski definition) is 6. The highest BCUT2D eigenvalue weighted by molar-refractivity contribution is 6.30. The van der Waals surface area contributed by atoms with Crippen LogP contribution in [0.25, 0.3) is 11.3 Å². The van der Waals surface area contributed by atoms with Crippen LogP contribution in [0.4, 0.5) is 5.82 Å². The van der Waals surface area contributed by atoms with Crippen molar-refractivity contribution in [3.63, 3.8) is 0 Å². The Labute approximate surface area is 221 Å². The lowest BCUT2D eigenvalue weighted by Gasteiger charge is -2.27. The predicted molar refractivity (Wildman–Crippen MR) is 143 cm³/mol. The smallest absolute Gasteiger partial charge is 0.254 e. The SMILES string of the molecule is COc1ccc(-c2ccc(N3CCCN(C(=O)CN(C(=O)c4ccc(Cl)cc4)C4CC4)CC3)nn2)cc1. The van der Waals surface area contributed by atoms with Crippen LogP contribution in [0.15, 0.2) is 60.7 Å². The highest BCUT2D eigenvalue weighted by Crippen LogP contribution is 2.29. The second kappa shape index (κ2) is 11.2. The largest absolute Gasteiger partial charge is 0.497 e. The molecule has 2 heterocycles. The van der Waals surface area contributed by atoms with Gasteiger partial charge in [-0.1, -0.05) is 11.6 Å². The summed E-state index contributed by atoms with van der Waals surface area (Å²) >= 11 is 5.97. The molecule has 1 saturated heterocycles. The number of amides is 2. The molecule has 0 bridgehead atoms. The first kappa shape index (κ1) is 25.0. The first-order valence-electron chi connectivity index (χ1n) is 12.6. The van der Waals surface area contributed by atoms with Gasteiger partial charge in [-0.25, -0.2) is 0 Å². The van der Waals surface area contributed by atoms with Crippen molar-refractivity contribution in [2.24, 2.45) is 0 Å². The summed E-state index contributed by atoms with van der Waals surface area (Å²) in [5.41, 5.74) is 2.33. The molecule has 0 atom stereocenters. The Morgan fingerprint density at radius 2 is 1.70 bits per heavy atom. The fraction of sp³-hybridized carbons (Fsp3) is 0.357. The van der Waals surface area contributed by atoms with E-state index in [4.69, 9.17) is 16.3 Å². The minimum atomic E-state index is -0.115. The number of anilines is 1. The van der Waals surface area contributed by atoms with E-state index in [-0.39, 0.29) is 24.4 Å². The van der Waals surface area contributed by atoms with Crippen LogP contribution in [-0.4, -0.2) is 77.7 Å². The standard InChI is InChI=1S/C28H30ClN5O3/c1-37-24-11-5-20(6-12-24)25-13-14-26(31-30-25)32-15-2-16-33(18-17-32)27(35)19-34(23-9-10-23)28(36)21-3-7-22(29)8-4-21/h3-8,11-14,23H,2,9-10,15-19H2,1H3. The van der Waals surface area contributed by atoms with Crippen molar-refractivity contribution in [2.45, 2.75) is 25.3 Å². The van der Waals surface area contributed by atoms with E-state index in [1.165, 1.54) is 0 Å². The van der Waals surface area contributed by atoms with E-state index in [1.54, 1.807) is 36.3 Å². The van der Waals surface area contributed by atoms with Crippen LogP contribution in [-0.2, 0) is 4.79 Å². The monoisotopic (exact) mass is 519 g/mol. The summed E-state index contributed by atoms with van der Waals surface area (Å²) in [6.45, 7) is 2.78. The zero-order valence-corrected chi connectivity index (χ0v) is 21.6. The van der Waals surface area contributed by atoms with Crippen molar-refractivity contribution in [3.05, 3.63) is 71.2 Å². The maximum Gasteiger partial charge on any atom is 0.254 e. The molecule has 1 saturated carbocycles. The van der Waals surface area contributed by atoms with E-state index in [0.29, 0.717) is 30.2 Å². The van der Waals surface area contributed by atoms with E-state index in [0.717, 1.165) is 48.6 Å². The van der Waals surface area contributed by atoms with Crippen molar-refractivity contribution in [1.29, 1.82) is 0 Å². The van der Waals surface area contributed by atoms with Crippen molar-refractivity contribution >= 4 is 29.2 Å². The molecule has 3 aromatic rings. The Morgan fingerprint density at radius 3 is 2.35 bits per heavy atom. The number of halogens is 1. The van der Waals surface area contributed by atoms with E-state index in [2.05, 4.69) is 15.1 Å². The summed E-state index contributed by atoms with van der Waals surface area (Å²) in [4.78, 5) is 32.1. The molecular formula is C28H30ClN5O3. The van der Waals surface area contributed by atoms with Crippen molar-refractivity contribution in [3.8, 4) is 17.0 Å². The van der Waals surface area contributed by atoms with Crippen LogP contribution in [0.1, 0.15) is 29.6 Å². The zero-order chi connectivity index (χ0) is 25.8. The summed E-state index contributed by atoms with van der Waals surface area (Å²) in [6, 6.07) is 18.6. The Kier molecular flexibility index (Phi) is 7.55. The second-order valence-electron chi connectivity index (χ2n) is 9.40. The van der Waals surface area contributed by atoms with Crippen LogP contribution in [0.2, 0.25) is 5.02 Å². The van der Waals surface area contributed by atoms with Crippen molar-refractivity contribution in [1.82, 2.24) is 20.0 Å². The highest BCUT2D eigenvalue weighted by Gasteiger charge is 2.35. The Morgan fingerprint density at radius 1 is 0.946 bits per heavy atom. The van der Waals surface area contributed by atoms with Gasteiger partial charge >= 0.3 is 0 Å². The molecule has 1 aliphatic carbocycles. The molecule has 37 heavy (non-hydrogen) atoms. The normalized spacial score (nSPS) is 15.7. The van der Waals surface area contributed by atoms with E-state index < -0.39 is 0 Å². The molecule has 2 aromatic carbocycles. The van der Waals surface area contributed by atoms with Gasteiger partial charge in [0.2, 0.25) is 5.91 Å². The lowest BCUT2D eigenvalue weighted by atomic mass is 10.1. The van der Waals surface area contributed by atoms with Crippen molar-refractivity contribution in [2.75, 3.05) is 44.7 Å². The van der Waals surface area contributed by atoms with Gasteiger partial charge in [-0.2, -0.15) is 0 Å². The van der Waals surface area contributed by atoms with Crippen LogP contribution in [0.3, 0.4) is 0 Å². The molecule has 1 aromatic heterocycles. The van der Waals surface area contributed by atoms with Gasteiger partial charge in [0.15, 0.2) is 5.82 Å². The molecule has 2 amide bonds. The summed E-state index contributed by atoms with van der Waals surface area (Å²) in [7, 11) is 1.64. The number of nitrogens with zero attached hydrogens (tertiary/aromatic N) is 5. The van der Waals surface area contributed by atoms with Crippen LogP contribution in [0, 0.1) is 0 Å². The highest BCUT2D eigenvalue weighted by atomic mass is 35.5. The number of aromatic nitrogens is 2. The van der Waals surface area contributed by atoms with Crippen LogP contribution < -0.4 is 9.64 Å². The van der Waals surface area contributed by atoms with Gasteiger partial charge in [0, 0.05) is 48.4 Å². The lowest BCUT2D eigenvalue weighted by molar-refractivity contribution is -0.131. The van der Waals surface area contributed by atoms with Gasteiger partial charge in [-0.3, -0.25) is 9.59 Å². The summed E-state index contributed by atoms with van der Waals surface area (Å²) in [5, 5.41) is 9.46. The molecule has 0 unspecified atom stereocenters. The Bertz CT molecular complexity index is 1230. The van der Waals surface area contributed by atoms with E-state index >= 15 is 0 Å². The third-order valence-electron chi connectivity index (χ3n) is 6.85. The fourth-order valence-corrected chi connectivity index (χ4v) is 4.69. The van der Waals surface area contributed by atoms with Gasteiger partial charge in [-0.15, -0.1) is 10.2 Å². The number of carbonyl (C=O) groups is 2. The first-order valence-corrected chi connectivity index (χ1v) is 13.0. The van der Waals surface area contributed by atoms with Gasteiger partial charge in [0.05, 0.1) is 12.8 Å². The van der Waals surface area contributed by atoms with E-state index in [9.17, 15) is 9.59 Å². The molecule has 0 radical (unpaired) electrons. The molecule has 2 aliphatic rings. The number of rotatable bonds is 7. The van der Waals surface area contributed by atoms with Gasteiger partial charge in [0.1, 0.15) is 12.3 Å². The number of methoxy groups -OCH3 is 1. The van der Waals surface area contributed by atoms with E-state index in [1.807, 2.05) is 41.3 Å². The minimum absolute atomic E-state index is 0.0167. The number of carbonyl (C=O) groups excluding carboxylic acids is 2. The van der Waals surface area contributed by atoms with Crippen LogP contribution >= 0.6 is 11.6 Å². The molecule has 0 N–H and O–H groups in total. The second-order valence-corrected chi connectivity index (χ2v) is 9.83. The molecule has 192 valence electrons. The molecule has 5 rings (SSSR count).